The first-order valence-corrected chi connectivity index (χ1v) is 6.76. The van der Waals surface area contributed by atoms with Gasteiger partial charge in [-0.3, -0.25) is 5.10 Å². The van der Waals surface area contributed by atoms with Gasteiger partial charge in [-0.25, -0.2) is 9.59 Å². The maximum absolute atomic E-state index is 11.8. The summed E-state index contributed by atoms with van der Waals surface area (Å²) in [6, 6.07) is 1.62. The highest BCUT2D eigenvalue weighted by atomic mass is 16.6. The molecular weight excluding hydrogens is 260 g/mol. The molecule has 3 rings (SSSR count). The fourth-order valence-corrected chi connectivity index (χ4v) is 2.53. The van der Waals surface area contributed by atoms with E-state index in [0.717, 1.165) is 18.8 Å². The van der Waals surface area contributed by atoms with Gasteiger partial charge >= 0.3 is 12.1 Å². The molecule has 2 N–H and O–H groups in total. The third-order valence-electron chi connectivity index (χ3n) is 3.92. The number of H-pyrrole nitrogens is 1. The van der Waals surface area contributed by atoms with Crippen molar-refractivity contribution in [2.24, 2.45) is 5.41 Å². The topological polar surface area (TPSA) is 87.3 Å². The SMILES string of the molecule is CC(C)c1cc(C(=O)OC(=O)N2CC3(CNC3)C2)n[nH]1. The zero-order valence-corrected chi connectivity index (χ0v) is 11.6. The summed E-state index contributed by atoms with van der Waals surface area (Å²) in [5.74, 6) is -0.466. The lowest BCUT2D eigenvalue weighted by Crippen LogP contribution is -2.72. The number of amides is 1. The second-order valence-corrected chi connectivity index (χ2v) is 5.98. The monoisotopic (exact) mass is 278 g/mol. The molecule has 1 amide bonds. The zero-order chi connectivity index (χ0) is 14.3. The molecule has 3 heterocycles. The quantitative estimate of drug-likeness (QED) is 0.614. The number of esters is 1. The van der Waals surface area contributed by atoms with Gasteiger partial charge in [-0.2, -0.15) is 5.10 Å². The van der Waals surface area contributed by atoms with Crippen LogP contribution < -0.4 is 5.32 Å². The van der Waals surface area contributed by atoms with Crippen molar-refractivity contribution in [3.8, 4) is 0 Å². The largest absolute Gasteiger partial charge is 0.417 e. The Labute approximate surface area is 116 Å². The Morgan fingerprint density at radius 1 is 1.40 bits per heavy atom. The van der Waals surface area contributed by atoms with E-state index in [1.807, 2.05) is 13.8 Å². The Balaban J connectivity index is 1.54. The molecule has 1 spiro atoms. The fourth-order valence-electron chi connectivity index (χ4n) is 2.53. The van der Waals surface area contributed by atoms with Crippen molar-refractivity contribution < 1.29 is 14.3 Å². The molecule has 0 saturated carbocycles. The van der Waals surface area contributed by atoms with Crippen LogP contribution in [0, 0.1) is 5.41 Å². The van der Waals surface area contributed by atoms with Gasteiger partial charge in [0.05, 0.1) is 0 Å². The average molecular weight is 278 g/mol. The van der Waals surface area contributed by atoms with Crippen molar-refractivity contribution in [1.29, 1.82) is 0 Å². The first-order valence-electron chi connectivity index (χ1n) is 6.76. The van der Waals surface area contributed by atoms with Crippen molar-refractivity contribution in [2.75, 3.05) is 26.2 Å². The summed E-state index contributed by atoms with van der Waals surface area (Å²) >= 11 is 0. The number of carbonyl (C=O) groups excluding carboxylic acids is 2. The lowest BCUT2D eigenvalue weighted by molar-refractivity contribution is -0.0306. The first-order chi connectivity index (χ1) is 9.49. The summed E-state index contributed by atoms with van der Waals surface area (Å²) in [6.45, 7) is 7.15. The molecule has 0 aromatic carbocycles. The molecule has 0 unspecified atom stereocenters. The number of aromatic amines is 1. The Morgan fingerprint density at radius 2 is 2.10 bits per heavy atom. The maximum Gasteiger partial charge on any atom is 0.417 e. The first kappa shape index (κ1) is 13.1. The zero-order valence-electron chi connectivity index (χ0n) is 11.6. The highest BCUT2D eigenvalue weighted by Gasteiger charge is 2.50. The molecule has 2 fully saturated rings. The predicted octanol–water partition coefficient (Wildman–Crippen LogP) is 0.715. The molecule has 7 heteroatoms. The van der Waals surface area contributed by atoms with E-state index in [0.29, 0.717) is 13.1 Å². The normalized spacial score (nSPS) is 19.6. The van der Waals surface area contributed by atoms with Crippen LogP contribution in [0.1, 0.15) is 35.9 Å². The Kier molecular flexibility index (Phi) is 3.01. The number of nitrogens with zero attached hydrogens (tertiary/aromatic N) is 2. The van der Waals surface area contributed by atoms with E-state index >= 15 is 0 Å². The van der Waals surface area contributed by atoms with E-state index in [-0.39, 0.29) is 17.0 Å². The molecule has 2 aliphatic rings. The second kappa shape index (κ2) is 4.59. The molecule has 108 valence electrons. The van der Waals surface area contributed by atoms with Gasteiger partial charge in [0, 0.05) is 37.3 Å². The standard InChI is InChI=1S/C13H18N4O3/c1-8(2)9-3-10(16-15-9)11(18)20-12(19)17-6-13(7-17)4-14-5-13/h3,8,14H,4-7H2,1-2H3,(H,15,16). The number of hydrogen-bond donors (Lipinski definition) is 2. The molecule has 1 aromatic rings. The molecular formula is C13H18N4O3. The smallest absolute Gasteiger partial charge is 0.371 e. The van der Waals surface area contributed by atoms with Crippen LogP contribution in [-0.2, 0) is 4.74 Å². The van der Waals surface area contributed by atoms with Gasteiger partial charge in [0.25, 0.3) is 0 Å². The number of aromatic nitrogens is 2. The summed E-state index contributed by atoms with van der Waals surface area (Å²) in [4.78, 5) is 25.2. The number of rotatable bonds is 2. The van der Waals surface area contributed by atoms with E-state index < -0.39 is 12.1 Å². The number of hydrogen-bond acceptors (Lipinski definition) is 5. The molecule has 7 nitrogen and oxygen atoms in total. The lowest BCUT2D eigenvalue weighted by Gasteiger charge is -2.55. The van der Waals surface area contributed by atoms with E-state index in [2.05, 4.69) is 15.5 Å². The van der Waals surface area contributed by atoms with Gasteiger partial charge in [-0.15, -0.1) is 0 Å². The number of likely N-dealkylation sites (tertiary alicyclic amines) is 1. The molecule has 0 atom stereocenters. The van der Waals surface area contributed by atoms with Crippen LogP contribution in [0.2, 0.25) is 0 Å². The maximum atomic E-state index is 11.8. The number of carbonyl (C=O) groups is 2. The molecule has 0 aliphatic carbocycles. The minimum atomic E-state index is -0.703. The van der Waals surface area contributed by atoms with E-state index in [4.69, 9.17) is 4.74 Å². The predicted molar refractivity (Wildman–Crippen MR) is 70.4 cm³/mol. The van der Waals surface area contributed by atoms with Crippen molar-refractivity contribution in [2.45, 2.75) is 19.8 Å². The summed E-state index contributed by atoms with van der Waals surface area (Å²) in [7, 11) is 0. The van der Waals surface area contributed by atoms with Crippen LogP contribution >= 0.6 is 0 Å². The number of nitrogens with one attached hydrogen (secondary N) is 2. The lowest BCUT2D eigenvalue weighted by atomic mass is 9.75. The van der Waals surface area contributed by atoms with Crippen LogP contribution in [0.25, 0.3) is 0 Å². The number of ether oxygens (including phenoxy) is 1. The summed E-state index contributed by atoms with van der Waals surface area (Å²) in [5.41, 5.74) is 1.20. The van der Waals surface area contributed by atoms with Crippen molar-refractivity contribution in [1.82, 2.24) is 20.4 Å². The third kappa shape index (κ3) is 2.18. The molecule has 0 bridgehead atoms. The van der Waals surface area contributed by atoms with Crippen LogP contribution in [-0.4, -0.2) is 53.3 Å². The van der Waals surface area contributed by atoms with Gasteiger partial charge in [0.15, 0.2) is 5.69 Å². The Bertz CT molecular complexity index is 540. The van der Waals surface area contributed by atoms with E-state index in [9.17, 15) is 9.59 Å². The van der Waals surface area contributed by atoms with Gasteiger partial charge in [-0.05, 0) is 12.0 Å². The van der Waals surface area contributed by atoms with E-state index in [1.54, 1.807) is 11.0 Å². The molecule has 0 radical (unpaired) electrons. The Morgan fingerprint density at radius 3 is 2.60 bits per heavy atom. The van der Waals surface area contributed by atoms with Crippen LogP contribution in [0.3, 0.4) is 0 Å². The minimum absolute atomic E-state index is 0.141. The van der Waals surface area contributed by atoms with Crippen LogP contribution in [0.15, 0.2) is 6.07 Å². The van der Waals surface area contributed by atoms with Crippen molar-refractivity contribution in [3.05, 3.63) is 17.5 Å². The van der Waals surface area contributed by atoms with Gasteiger partial charge < -0.3 is 15.0 Å². The molecule has 20 heavy (non-hydrogen) atoms. The third-order valence-corrected chi connectivity index (χ3v) is 3.92. The summed E-state index contributed by atoms with van der Waals surface area (Å²) in [5, 5.41) is 9.82. The van der Waals surface area contributed by atoms with Gasteiger partial charge in [-0.1, -0.05) is 13.8 Å². The van der Waals surface area contributed by atoms with Gasteiger partial charge in [0.1, 0.15) is 0 Å². The summed E-state index contributed by atoms with van der Waals surface area (Å²) in [6.07, 6.45) is -0.582. The van der Waals surface area contributed by atoms with Crippen LogP contribution in [0.5, 0.6) is 0 Å². The summed E-state index contributed by atoms with van der Waals surface area (Å²) < 4.78 is 4.84. The second-order valence-electron chi connectivity index (χ2n) is 5.98. The Hall–Kier alpha value is -1.89. The van der Waals surface area contributed by atoms with E-state index in [1.165, 1.54) is 0 Å². The van der Waals surface area contributed by atoms with Crippen molar-refractivity contribution in [3.63, 3.8) is 0 Å². The highest BCUT2D eigenvalue weighted by molar-refractivity contribution is 5.95. The average Bonchev–Trinajstić information content (AvgIpc) is 2.73. The van der Waals surface area contributed by atoms with Crippen LogP contribution in [0.4, 0.5) is 4.79 Å². The van der Waals surface area contributed by atoms with Crippen molar-refractivity contribution >= 4 is 12.1 Å². The highest BCUT2D eigenvalue weighted by Crippen LogP contribution is 2.34. The fraction of sp³-hybridized carbons (Fsp3) is 0.615. The molecule has 2 saturated heterocycles. The minimum Gasteiger partial charge on any atom is -0.371 e. The van der Waals surface area contributed by atoms with Gasteiger partial charge in [0.2, 0.25) is 0 Å². The molecule has 1 aromatic heterocycles. The molecule has 2 aliphatic heterocycles.